The summed E-state index contributed by atoms with van der Waals surface area (Å²) in [7, 11) is 3.77. The maximum absolute atomic E-state index is 13.8. The minimum atomic E-state index is -0.555. The molecule has 5 heteroatoms. The Balaban J connectivity index is 2.14. The molecule has 2 rings (SSSR count). The van der Waals surface area contributed by atoms with E-state index in [0.717, 1.165) is 25.9 Å². The Kier molecular flexibility index (Phi) is 4.04. The summed E-state index contributed by atoms with van der Waals surface area (Å²) < 4.78 is 13.8. The van der Waals surface area contributed by atoms with Gasteiger partial charge in [0.15, 0.2) is 0 Å². The number of benzene rings is 1. The Hall–Kier alpha value is -1.62. The molecule has 1 saturated heterocycles. The van der Waals surface area contributed by atoms with Crippen LogP contribution in [0.15, 0.2) is 18.2 Å². The molecule has 0 spiro atoms. The molecule has 0 radical (unpaired) electrons. The molecule has 4 nitrogen and oxygen atoms in total. The van der Waals surface area contributed by atoms with E-state index < -0.39 is 5.82 Å². The first-order valence-electron chi connectivity index (χ1n) is 6.50. The zero-order chi connectivity index (χ0) is 14.0. The van der Waals surface area contributed by atoms with Crippen molar-refractivity contribution in [3.8, 4) is 0 Å². The Morgan fingerprint density at radius 2 is 2.26 bits per heavy atom. The van der Waals surface area contributed by atoms with Crippen molar-refractivity contribution in [1.82, 2.24) is 9.80 Å². The Morgan fingerprint density at radius 1 is 1.53 bits per heavy atom. The molecule has 1 atom stereocenters. The van der Waals surface area contributed by atoms with Crippen LogP contribution in [0.2, 0.25) is 0 Å². The predicted molar refractivity (Wildman–Crippen MR) is 73.4 cm³/mol. The molecule has 1 fully saturated rings. The largest absolute Gasteiger partial charge is 0.399 e. The van der Waals surface area contributed by atoms with E-state index in [1.807, 2.05) is 7.05 Å². The highest BCUT2D eigenvalue weighted by molar-refractivity contribution is 5.94. The van der Waals surface area contributed by atoms with Gasteiger partial charge in [0, 0.05) is 25.3 Å². The SMILES string of the molecule is CN1CCCC(N(C)C(=O)c2ccc(N)cc2F)C1. The number of likely N-dealkylation sites (N-methyl/N-ethyl adjacent to an activating group) is 2. The molecule has 2 N–H and O–H groups in total. The third-order valence-electron chi connectivity index (χ3n) is 3.69. The average Bonchev–Trinajstić information content (AvgIpc) is 2.37. The average molecular weight is 265 g/mol. The summed E-state index contributed by atoms with van der Waals surface area (Å²) >= 11 is 0. The van der Waals surface area contributed by atoms with Crippen LogP contribution < -0.4 is 5.73 Å². The molecule has 0 aliphatic carbocycles. The van der Waals surface area contributed by atoms with Crippen LogP contribution in [0.3, 0.4) is 0 Å². The van der Waals surface area contributed by atoms with Crippen molar-refractivity contribution in [2.75, 3.05) is 32.9 Å². The molecule has 104 valence electrons. The Bertz CT molecular complexity index is 478. The first kappa shape index (κ1) is 13.8. The van der Waals surface area contributed by atoms with E-state index in [-0.39, 0.29) is 17.5 Å². The lowest BCUT2D eigenvalue weighted by Crippen LogP contribution is -2.47. The number of carbonyl (C=O) groups excluding carboxylic acids is 1. The molecule has 1 aliphatic rings. The summed E-state index contributed by atoms with van der Waals surface area (Å²) in [4.78, 5) is 16.1. The number of hydrogen-bond donors (Lipinski definition) is 1. The van der Waals surface area contributed by atoms with Gasteiger partial charge < -0.3 is 15.5 Å². The van der Waals surface area contributed by atoms with E-state index >= 15 is 0 Å². The summed E-state index contributed by atoms with van der Waals surface area (Å²) in [5.41, 5.74) is 5.91. The molecule has 1 amide bonds. The van der Waals surface area contributed by atoms with Gasteiger partial charge in [-0.15, -0.1) is 0 Å². The molecule has 1 aromatic carbocycles. The second-order valence-corrected chi connectivity index (χ2v) is 5.21. The minimum Gasteiger partial charge on any atom is -0.399 e. The van der Waals surface area contributed by atoms with Crippen molar-refractivity contribution in [2.24, 2.45) is 0 Å². The molecular weight excluding hydrogens is 245 g/mol. The molecule has 1 aromatic rings. The van der Waals surface area contributed by atoms with Crippen molar-refractivity contribution in [1.29, 1.82) is 0 Å². The molecule has 0 bridgehead atoms. The highest BCUT2D eigenvalue weighted by Crippen LogP contribution is 2.18. The van der Waals surface area contributed by atoms with Crippen LogP contribution in [0.5, 0.6) is 0 Å². The molecule has 19 heavy (non-hydrogen) atoms. The smallest absolute Gasteiger partial charge is 0.256 e. The van der Waals surface area contributed by atoms with E-state index in [1.165, 1.54) is 12.1 Å². The minimum absolute atomic E-state index is 0.0879. The monoisotopic (exact) mass is 265 g/mol. The fourth-order valence-electron chi connectivity index (χ4n) is 2.52. The predicted octanol–water partition coefficient (Wildman–Crippen LogP) is 1.57. The number of likely N-dealkylation sites (tertiary alicyclic amines) is 1. The number of rotatable bonds is 2. The van der Waals surface area contributed by atoms with Gasteiger partial charge in [-0.25, -0.2) is 4.39 Å². The van der Waals surface area contributed by atoms with Crippen molar-refractivity contribution in [3.05, 3.63) is 29.6 Å². The van der Waals surface area contributed by atoms with Gasteiger partial charge in [0.1, 0.15) is 5.82 Å². The molecule has 1 aliphatic heterocycles. The van der Waals surface area contributed by atoms with Gasteiger partial charge in [0.25, 0.3) is 5.91 Å². The summed E-state index contributed by atoms with van der Waals surface area (Å²) in [5, 5.41) is 0. The first-order valence-corrected chi connectivity index (χ1v) is 6.50. The van der Waals surface area contributed by atoms with Crippen molar-refractivity contribution < 1.29 is 9.18 Å². The van der Waals surface area contributed by atoms with Gasteiger partial charge in [-0.3, -0.25) is 4.79 Å². The van der Waals surface area contributed by atoms with Crippen LogP contribution >= 0.6 is 0 Å². The van der Waals surface area contributed by atoms with Gasteiger partial charge in [0.2, 0.25) is 0 Å². The maximum atomic E-state index is 13.8. The van der Waals surface area contributed by atoms with E-state index in [4.69, 9.17) is 5.73 Å². The lowest BCUT2D eigenvalue weighted by molar-refractivity contribution is 0.0639. The van der Waals surface area contributed by atoms with Gasteiger partial charge in [-0.2, -0.15) is 0 Å². The molecule has 0 saturated carbocycles. The number of anilines is 1. The van der Waals surface area contributed by atoms with E-state index in [9.17, 15) is 9.18 Å². The van der Waals surface area contributed by atoms with Crippen LogP contribution in [0.4, 0.5) is 10.1 Å². The van der Waals surface area contributed by atoms with Crippen LogP contribution in [0.1, 0.15) is 23.2 Å². The fourth-order valence-corrected chi connectivity index (χ4v) is 2.52. The van der Waals surface area contributed by atoms with Crippen LogP contribution in [0, 0.1) is 5.82 Å². The summed E-state index contributed by atoms with van der Waals surface area (Å²) in [6.07, 6.45) is 2.02. The molecular formula is C14H20FN3O. The van der Waals surface area contributed by atoms with Crippen molar-refractivity contribution in [2.45, 2.75) is 18.9 Å². The molecule has 1 unspecified atom stereocenters. The number of halogens is 1. The third-order valence-corrected chi connectivity index (χ3v) is 3.69. The zero-order valence-electron chi connectivity index (χ0n) is 11.4. The third kappa shape index (κ3) is 3.04. The molecule has 1 heterocycles. The quantitative estimate of drug-likeness (QED) is 0.826. The number of hydrogen-bond acceptors (Lipinski definition) is 3. The lowest BCUT2D eigenvalue weighted by Gasteiger charge is -2.35. The Labute approximate surface area is 113 Å². The number of nitrogen functional groups attached to an aromatic ring is 1. The number of amides is 1. The topological polar surface area (TPSA) is 49.6 Å². The van der Waals surface area contributed by atoms with Crippen LogP contribution in [-0.2, 0) is 0 Å². The van der Waals surface area contributed by atoms with Gasteiger partial charge in [-0.1, -0.05) is 0 Å². The molecule has 0 aromatic heterocycles. The normalized spacial score (nSPS) is 20.3. The van der Waals surface area contributed by atoms with Crippen molar-refractivity contribution in [3.63, 3.8) is 0 Å². The van der Waals surface area contributed by atoms with Crippen LogP contribution in [0.25, 0.3) is 0 Å². The van der Waals surface area contributed by atoms with E-state index in [2.05, 4.69) is 4.90 Å². The zero-order valence-corrected chi connectivity index (χ0v) is 11.4. The highest BCUT2D eigenvalue weighted by Gasteiger charge is 2.26. The van der Waals surface area contributed by atoms with Crippen molar-refractivity contribution >= 4 is 11.6 Å². The van der Waals surface area contributed by atoms with Crippen LogP contribution in [-0.4, -0.2) is 48.9 Å². The first-order chi connectivity index (χ1) is 8.99. The summed E-state index contributed by atoms with van der Waals surface area (Å²) in [6, 6.07) is 4.34. The lowest BCUT2D eigenvalue weighted by atomic mass is 10.0. The number of nitrogens with zero attached hydrogens (tertiary/aromatic N) is 2. The van der Waals surface area contributed by atoms with E-state index in [1.54, 1.807) is 18.0 Å². The summed E-state index contributed by atoms with van der Waals surface area (Å²) in [6.45, 7) is 1.88. The maximum Gasteiger partial charge on any atom is 0.256 e. The number of carbonyl (C=O) groups is 1. The Morgan fingerprint density at radius 3 is 2.89 bits per heavy atom. The van der Waals surface area contributed by atoms with Gasteiger partial charge in [-0.05, 0) is 44.6 Å². The second-order valence-electron chi connectivity index (χ2n) is 5.21. The highest BCUT2D eigenvalue weighted by atomic mass is 19.1. The van der Waals surface area contributed by atoms with Gasteiger partial charge >= 0.3 is 0 Å². The fraction of sp³-hybridized carbons (Fsp3) is 0.500. The standard InChI is InChI=1S/C14H20FN3O/c1-17-7-3-4-11(9-17)18(2)14(19)12-6-5-10(16)8-13(12)15/h5-6,8,11H,3-4,7,9,16H2,1-2H3. The summed E-state index contributed by atoms with van der Waals surface area (Å²) in [5.74, 6) is -0.834. The number of nitrogens with two attached hydrogens (primary N) is 1. The number of piperidine rings is 1. The second kappa shape index (κ2) is 5.57. The van der Waals surface area contributed by atoms with E-state index in [0.29, 0.717) is 5.69 Å². The van der Waals surface area contributed by atoms with Gasteiger partial charge in [0.05, 0.1) is 5.56 Å².